The van der Waals surface area contributed by atoms with Crippen LogP contribution in [0.3, 0.4) is 0 Å². The van der Waals surface area contributed by atoms with Gasteiger partial charge in [0.2, 0.25) is 5.71 Å². The third kappa shape index (κ3) is 8.47. The van der Waals surface area contributed by atoms with Crippen LogP contribution in [0.1, 0.15) is 93.6 Å². The first-order valence-corrected chi connectivity index (χ1v) is 16.5. The molecular weight excluding hydrogens is 761 g/mol. The minimum absolute atomic E-state index is 0. The number of hydrogen-bond donors (Lipinski definition) is 1. The van der Waals surface area contributed by atoms with Gasteiger partial charge >= 0.3 is 0 Å². The quantitative estimate of drug-likeness (QED) is 0.0912. The van der Waals surface area contributed by atoms with Crippen LogP contribution in [0.2, 0.25) is 0 Å². The van der Waals surface area contributed by atoms with Crippen molar-refractivity contribution in [3.63, 3.8) is 0 Å². The fourth-order valence-corrected chi connectivity index (χ4v) is 5.42. The maximum absolute atomic E-state index is 12.2. The number of benzene rings is 2. The van der Waals surface area contributed by atoms with Gasteiger partial charge in [-0.3, -0.25) is 9.78 Å². The average Bonchev–Trinajstić information content (AvgIpc) is 3.51. The van der Waals surface area contributed by atoms with E-state index >= 15 is 0 Å². The summed E-state index contributed by atoms with van der Waals surface area (Å²) in [5.41, 5.74) is 4.21. The van der Waals surface area contributed by atoms with Gasteiger partial charge in [0.1, 0.15) is 11.5 Å². The standard InChI is InChI=1S/C26H21N2O.C15H28O2.Ir/c1-26(2,3)22-14-20(13-17-7-4-5-9-21(17)22)23-15-18(10-12-27-23)24-16-19-8-6-11-28-25(19)29-24;1-7-14(5,8-2)12(16)11-13(17)15(6,9-3)10-4;/h4-12,14-16H,1-3H3;11,16H,7-10H2,1-6H3;/q-1;;/b;12-11-;. The molecule has 0 saturated heterocycles. The van der Waals surface area contributed by atoms with Gasteiger partial charge in [-0.2, -0.15) is 0 Å². The van der Waals surface area contributed by atoms with Crippen molar-refractivity contribution in [1.82, 2.24) is 9.97 Å². The number of ketones is 1. The third-order valence-corrected chi connectivity index (χ3v) is 9.80. The van der Waals surface area contributed by atoms with E-state index in [1.807, 2.05) is 72.0 Å². The SMILES string of the molecule is CC(C)(C)c1cc(-c2cc(-c3cc4cccnc4o3)ccn2)[c-]c2ccccc12.CCC(C)(CC)C(=O)/C=C(\O)C(C)(CC)CC.[Ir]. The van der Waals surface area contributed by atoms with Crippen LogP contribution in [0.25, 0.3) is 44.5 Å². The van der Waals surface area contributed by atoms with Crippen molar-refractivity contribution in [3.05, 3.63) is 96.5 Å². The molecule has 3 heterocycles. The van der Waals surface area contributed by atoms with Crippen LogP contribution in [-0.2, 0) is 30.3 Å². The van der Waals surface area contributed by atoms with E-state index in [4.69, 9.17) is 4.42 Å². The van der Waals surface area contributed by atoms with E-state index in [-0.39, 0.29) is 47.9 Å². The molecule has 3 aromatic heterocycles. The number of hydrogen-bond acceptors (Lipinski definition) is 5. The topological polar surface area (TPSA) is 76.2 Å². The smallest absolute Gasteiger partial charge is 0.226 e. The fraction of sp³-hybridized carbons (Fsp3) is 0.390. The number of aliphatic hydroxyl groups excluding tert-OH is 1. The molecule has 1 N–H and O–H groups in total. The molecule has 5 rings (SSSR count). The Hall–Kier alpha value is -3.60. The fourth-order valence-electron chi connectivity index (χ4n) is 5.42. The van der Waals surface area contributed by atoms with Crippen LogP contribution < -0.4 is 0 Å². The number of aromatic nitrogens is 2. The van der Waals surface area contributed by atoms with Crippen LogP contribution in [0, 0.1) is 16.9 Å². The average molecular weight is 810 g/mol. The van der Waals surface area contributed by atoms with Gasteiger partial charge in [-0.1, -0.05) is 97.5 Å². The summed E-state index contributed by atoms with van der Waals surface area (Å²) in [6, 6.07) is 24.2. The van der Waals surface area contributed by atoms with E-state index in [9.17, 15) is 9.90 Å². The maximum Gasteiger partial charge on any atom is 0.226 e. The molecule has 0 saturated carbocycles. The number of nitrogens with zero attached hydrogens (tertiary/aromatic N) is 2. The van der Waals surface area contributed by atoms with E-state index < -0.39 is 0 Å². The van der Waals surface area contributed by atoms with E-state index in [1.165, 1.54) is 17.0 Å². The molecule has 0 unspecified atom stereocenters. The normalized spacial score (nSPS) is 12.4. The number of furan rings is 1. The zero-order valence-electron chi connectivity index (χ0n) is 29.3. The summed E-state index contributed by atoms with van der Waals surface area (Å²) in [4.78, 5) is 21.1. The number of carbonyl (C=O) groups excluding carboxylic acids is 1. The van der Waals surface area contributed by atoms with Crippen LogP contribution in [0.5, 0.6) is 0 Å². The Kier molecular flexibility index (Phi) is 12.5. The van der Waals surface area contributed by atoms with Crippen LogP contribution in [-0.4, -0.2) is 20.9 Å². The van der Waals surface area contributed by atoms with E-state index in [0.717, 1.165) is 59.0 Å². The summed E-state index contributed by atoms with van der Waals surface area (Å²) >= 11 is 0. The number of fused-ring (bicyclic) bond motifs is 2. The Bertz CT molecular complexity index is 1810. The monoisotopic (exact) mass is 810 g/mol. The molecule has 6 heteroatoms. The molecule has 0 bridgehead atoms. The predicted octanol–water partition coefficient (Wildman–Crippen LogP) is 11.5. The van der Waals surface area contributed by atoms with Crippen molar-refractivity contribution in [2.45, 2.75) is 93.4 Å². The maximum atomic E-state index is 12.2. The van der Waals surface area contributed by atoms with E-state index in [0.29, 0.717) is 5.71 Å². The second-order valence-electron chi connectivity index (χ2n) is 13.8. The summed E-state index contributed by atoms with van der Waals surface area (Å²) < 4.78 is 5.94. The summed E-state index contributed by atoms with van der Waals surface area (Å²) in [7, 11) is 0. The Labute approximate surface area is 294 Å². The van der Waals surface area contributed by atoms with Crippen LogP contribution in [0.15, 0.2) is 89.3 Å². The Balaban J connectivity index is 0.000000290. The molecule has 47 heavy (non-hydrogen) atoms. The Morgan fingerprint density at radius 2 is 1.49 bits per heavy atom. The minimum Gasteiger partial charge on any atom is -0.512 e. The van der Waals surface area contributed by atoms with Gasteiger partial charge in [0.15, 0.2) is 5.78 Å². The minimum atomic E-state index is -0.337. The molecule has 0 aliphatic rings. The van der Waals surface area contributed by atoms with Crippen molar-refractivity contribution < 1.29 is 34.4 Å². The number of carbonyl (C=O) groups is 1. The van der Waals surface area contributed by atoms with Crippen molar-refractivity contribution in [1.29, 1.82) is 0 Å². The molecule has 0 amide bonds. The molecule has 0 fully saturated rings. The van der Waals surface area contributed by atoms with Crippen molar-refractivity contribution in [3.8, 4) is 22.6 Å². The molecule has 5 aromatic rings. The molecule has 0 aliphatic heterocycles. The number of allylic oxidation sites excluding steroid dienone is 2. The Morgan fingerprint density at radius 1 is 0.830 bits per heavy atom. The van der Waals surface area contributed by atoms with Crippen molar-refractivity contribution in [2.24, 2.45) is 10.8 Å². The van der Waals surface area contributed by atoms with Gasteiger partial charge in [-0.25, -0.2) is 4.98 Å². The first kappa shape index (κ1) is 37.9. The molecule has 1 radical (unpaired) electrons. The number of pyridine rings is 2. The number of aliphatic hydroxyl groups is 1. The van der Waals surface area contributed by atoms with E-state index in [1.54, 1.807) is 6.20 Å². The number of rotatable bonds is 9. The largest absolute Gasteiger partial charge is 0.512 e. The zero-order valence-corrected chi connectivity index (χ0v) is 31.7. The molecule has 2 aromatic carbocycles. The second kappa shape index (κ2) is 15.5. The van der Waals surface area contributed by atoms with Crippen LogP contribution in [0.4, 0.5) is 0 Å². The van der Waals surface area contributed by atoms with Gasteiger partial charge in [0.05, 0.1) is 0 Å². The molecule has 251 valence electrons. The van der Waals surface area contributed by atoms with Crippen molar-refractivity contribution in [2.75, 3.05) is 0 Å². The molecular formula is C41H49IrN2O3-. The van der Waals surface area contributed by atoms with Gasteiger partial charge in [0.25, 0.3) is 0 Å². The first-order chi connectivity index (χ1) is 21.8. The van der Waals surface area contributed by atoms with Gasteiger partial charge in [0, 0.05) is 66.0 Å². The molecule has 0 spiro atoms. The van der Waals surface area contributed by atoms with Crippen LogP contribution >= 0.6 is 0 Å². The summed E-state index contributed by atoms with van der Waals surface area (Å²) in [5, 5.41) is 13.5. The van der Waals surface area contributed by atoms with Crippen molar-refractivity contribution >= 4 is 27.7 Å². The third-order valence-electron chi connectivity index (χ3n) is 9.80. The molecule has 0 atom stereocenters. The summed E-state index contributed by atoms with van der Waals surface area (Å²) in [5.74, 6) is 1.08. The molecule has 5 nitrogen and oxygen atoms in total. The van der Waals surface area contributed by atoms with Gasteiger partial charge in [-0.15, -0.1) is 29.1 Å². The predicted molar refractivity (Wildman–Crippen MR) is 191 cm³/mol. The summed E-state index contributed by atoms with van der Waals surface area (Å²) in [6.07, 6.45) is 8.32. The van der Waals surface area contributed by atoms with Gasteiger partial charge < -0.3 is 9.52 Å². The first-order valence-electron chi connectivity index (χ1n) is 16.5. The van der Waals surface area contributed by atoms with E-state index in [2.05, 4.69) is 73.2 Å². The summed E-state index contributed by atoms with van der Waals surface area (Å²) in [6.45, 7) is 18.8. The molecule has 0 aliphatic carbocycles. The second-order valence-corrected chi connectivity index (χ2v) is 13.8. The Morgan fingerprint density at radius 3 is 2.11 bits per heavy atom. The van der Waals surface area contributed by atoms with Gasteiger partial charge in [-0.05, 0) is 55.4 Å². The zero-order chi connectivity index (χ0) is 33.7.